The first-order valence-corrected chi connectivity index (χ1v) is 8.99. The third kappa shape index (κ3) is 3.97. The van der Waals surface area contributed by atoms with Crippen molar-refractivity contribution in [2.75, 3.05) is 7.11 Å². The molecular weight excluding hydrogens is 324 g/mol. The second-order valence-electron chi connectivity index (χ2n) is 6.70. The molecule has 2 aromatic carbocycles. The number of carbonyl (C=O) groups excluding carboxylic acids is 1. The summed E-state index contributed by atoms with van der Waals surface area (Å²) in [6.45, 7) is 5.79. The summed E-state index contributed by atoms with van der Waals surface area (Å²) in [5, 5.41) is 0. The second-order valence-corrected chi connectivity index (χ2v) is 6.70. The summed E-state index contributed by atoms with van der Waals surface area (Å²) in [5.74, 6) is -0.263. The van der Waals surface area contributed by atoms with E-state index in [1.165, 1.54) is 18.2 Å². The smallest absolute Gasteiger partial charge is 0.336 e. The molecule has 0 N–H and O–H groups in total. The Bertz CT molecular complexity index is 758. The molecule has 1 aliphatic rings. The lowest BCUT2D eigenvalue weighted by Gasteiger charge is -2.45. The van der Waals surface area contributed by atoms with Gasteiger partial charge in [0, 0.05) is 25.3 Å². The predicted octanol–water partition coefficient (Wildman–Crippen LogP) is 3.80. The minimum atomic E-state index is -0.263. The van der Waals surface area contributed by atoms with E-state index < -0.39 is 0 Å². The van der Waals surface area contributed by atoms with E-state index in [1.807, 2.05) is 42.6 Å². The van der Waals surface area contributed by atoms with E-state index in [0.717, 1.165) is 13.1 Å². The van der Waals surface area contributed by atoms with Gasteiger partial charge in [0.1, 0.15) is 0 Å². The molecule has 2 aromatic rings. The Kier molecular flexibility index (Phi) is 5.74. The Balaban J connectivity index is 1.90. The van der Waals surface area contributed by atoms with Gasteiger partial charge in [0.15, 0.2) is 0 Å². The molecule has 0 saturated carbocycles. The molecule has 0 aliphatic carbocycles. The van der Waals surface area contributed by atoms with Crippen molar-refractivity contribution in [3.8, 4) is 0 Å². The Morgan fingerprint density at radius 1 is 0.923 bits per heavy atom. The monoisotopic (exact) mass is 350 g/mol. The van der Waals surface area contributed by atoms with Crippen LogP contribution in [0, 0.1) is 0 Å². The van der Waals surface area contributed by atoms with Crippen molar-refractivity contribution in [3.63, 3.8) is 0 Å². The summed E-state index contributed by atoms with van der Waals surface area (Å²) in [6, 6.07) is 20.7. The van der Waals surface area contributed by atoms with Gasteiger partial charge in [-0.3, -0.25) is 4.90 Å². The highest BCUT2D eigenvalue weighted by atomic mass is 16.5. The Labute approximate surface area is 155 Å². The van der Waals surface area contributed by atoms with Crippen molar-refractivity contribution in [3.05, 3.63) is 83.6 Å². The van der Waals surface area contributed by atoms with E-state index >= 15 is 0 Å². The SMILES string of the molecule is COC(=O)C1=CN(Cc2ccccc2)[C@H](C)N(Cc2ccccc2)[C@H]1C. The van der Waals surface area contributed by atoms with Gasteiger partial charge in [0.05, 0.1) is 18.8 Å². The van der Waals surface area contributed by atoms with Crippen LogP contribution in [0.1, 0.15) is 25.0 Å². The third-order valence-corrected chi connectivity index (χ3v) is 5.05. The summed E-state index contributed by atoms with van der Waals surface area (Å²) in [5.41, 5.74) is 3.14. The van der Waals surface area contributed by atoms with Crippen molar-refractivity contribution in [2.45, 2.75) is 39.1 Å². The Hall–Kier alpha value is -2.59. The summed E-state index contributed by atoms with van der Waals surface area (Å²) in [7, 11) is 1.44. The van der Waals surface area contributed by atoms with Crippen LogP contribution in [0.3, 0.4) is 0 Å². The molecule has 3 rings (SSSR count). The molecule has 0 saturated heterocycles. The van der Waals surface area contributed by atoms with E-state index in [2.05, 4.69) is 47.9 Å². The molecule has 1 heterocycles. The molecule has 0 aromatic heterocycles. The van der Waals surface area contributed by atoms with Crippen LogP contribution >= 0.6 is 0 Å². The lowest BCUT2D eigenvalue weighted by atomic mass is 10.0. The number of rotatable bonds is 5. The number of ether oxygens (including phenoxy) is 1. The van der Waals surface area contributed by atoms with E-state index in [-0.39, 0.29) is 18.2 Å². The molecule has 136 valence electrons. The zero-order chi connectivity index (χ0) is 18.5. The quantitative estimate of drug-likeness (QED) is 0.768. The van der Waals surface area contributed by atoms with Crippen molar-refractivity contribution < 1.29 is 9.53 Å². The van der Waals surface area contributed by atoms with Crippen molar-refractivity contribution in [1.29, 1.82) is 0 Å². The fourth-order valence-corrected chi connectivity index (χ4v) is 3.46. The number of esters is 1. The number of hydrogen-bond donors (Lipinski definition) is 0. The topological polar surface area (TPSA) is 32.8 Å². The maximum absolute atomic E-state index is 12.3. The van der Waals surface area contributed by atoms with Gasteiger partial charge < -0.3 is 9.64 Å². The zero-order valence-corrected chi connectivity index (χ0v) is 15.6. The van der Waals surface area contributed by atoms with Gasteiger partial charge in [-0.05, 0) is 25.0 Å². The summed E-state index contributed by atoms with van der Waals surface area (Å²) < 4.78 is 5.03. The van der Waals surface area contributed by atoms with Gasteiger partial charge in [-0.15, -0.1) is 0 Å². The van der Waals surface area contributed by atoms with Gasteiger partial charge in [-0.25, -0.2) is 4.79 Å². The number of nitrogens with zero attached hydrogens (tertiary/aromatic N) is 2. The molecule has 0 unspecified atom stereocenters. The molecule has 0 radical (unpaired) electrons. The fourth-order valence-electron chi connectivity index (χ4n) is 3.46. The Morgan fingerprint density at radius 2 is 1.46 bits per heavy atom. The first-order valence-electron chi connectivity index (χ1n) is 8.99. The van der Waals surface area contributed by atoms with Gasteiger partial charge in [-0.2, -0.15) is 0 Å². The third-order valence-electron chi connectivity index (χ3n) is 5.05. The molecule has 0 bridgehead atoms. The minimum absolute atomic E-state index is 0.00956. The average molecular weight is 350 g/mol. The summed E-state index contributed by atoms with van der Waals surface area (Å²) >= 11 is 0. The zero-order valence-electron chi connectivity index (χ0n) is 15.6. The summed E-state index contributed by atoms with van der Waals surface area (Å²) in [4.78, 5) is 16.9. The lowest BCUT2D eigenvalue weighted by Crippen LogP contribution is -2.53. The van der Waals surface area contributed by atoms with E-state index in [9.17, 15) is 4.79 Å². The highest BCUT2D eigenvalue weighted by molar-refractivity contribution is 5.89. The van der Waals surface area contributed by atoms with E-state index in [1.54, 1.807) is 0 Å². The van der Waals surface area contributed by atoms with Crippen LogP contribution < -0.4 is 0 Å². The van der Waals surface area contributed by atoms with E-state index in [4.69, 9.17) is 4.74 Å². The van der Waals surface area contributed by atoms with Crippen molar-refractivity contribution in [2.24, 2.45) is 0 Å². The van der Waals surface area contributed by atoms with Gasteiger partial charge in [0.2, 0.25) is 0 Å². The van der Waals surface area contributed by atoms with Crippen molar-refractivity contribution >= 4 is 5.97 Å². The van der Waals surface area contributed by atoms with Crippen LogP contribution in [-0.4, -0.2) is 35.1 Å². The first-order chi connectivity index (χ1) is 12.6. The van der Waals surface area contributed by atoms with Crippen LogP contribution in [0.25, 0.3) is 0 Å². The first kappa shape index (κ1) is 18.2. The molecule has 26 heavy (non-hydrogen) atoms. The standard InChI is InChI=1S/C22H26N2O2/c1-17-21(22(25)26-3)16-23(14-19-10-6-4-7-11-19)18(2)24(17)15-20-12-8-5-9-13-20/h4-13,16-18H,14-15H2,1-3H3/t17-,18-/m0/s1. The predicted molar refractivity (Wildman–Crippen MR) is 103 cm³/mol. The van der Waals surface area contributed by atoms with Crippen molar-refractivity contribution in [1.82, 2.24) is 9.80 Å². The average Bonchev–Trinajstić information content (AvgIpc) is 2.68. The van der Waals surface area contributed by atoms with E-state index in [0.29, 0.717) is 5.57 Å². The lowest BCUT2D eigenvalue weighted by molar-refractivity contribution is -0.137. The second kappa shape index (κ2) is 8.19. The summed E-state index contributed by atoms with van der Waals surface area (Å²) in [6.07, 6.45) is 2.13. The molecule has 4 nitrogen and oxygen atoms in total. The number of hydrogen-bond acceptors (Lipinski definition) is 4. The molecule has 1 aliphatic heterocycles. The number of carbonyl (C=O) groups is 1. The molecule has 0 amide bonds. The van der Waals surface area contributed by atoms with Gasteiger partial charge in [0.25, 0.3) is 0 Å². The molecular formula is C22H26N2O2. The number of methoxy groups -OCH3 is 1. The number of benzene rings is 2. The van der Waals surface area contributed by atoms with Crippen LogP contribution in [0.2, 0.25) is 0 Å². The van der Waals surface area contributed by atoms with Gasteiger partial charge in [-0.1, -0.05) is 60.7 Å². The molecule has 2 atom stereocenters. The Morgan fingerprint density at radius 3 is 2.00 bits per heavy atom. The highest BCUT2D eigenvalue weighted by Crippen LogP contribution is 2.27. The molecule has 0 fully saturated rings. The maximum atomic E-state index is 12.3. The van der Waals surface area contributed by atoms with Crippen LogP contribution in [0.5, 0.6) is 0 Å². The molecule has 4 heteroatoms. The van der Waals surface area contributed by atoms with Crippen LogP contribution in [0.4, 0.5) is 0 Å². The van der Waals surface area contributed by atoms with Crippen LogP contribution in [0.15, 0.2) is 72.4 Å². The fraction of sp³-hybridized carbons (Fsp3) is 0.318. The highest BCUT2D eigenvalue weighted by Gasteiger charge is 2.34. The minimum Gasteiger partial charge on any atom is -0.466 e. The van der Waals surface area contributed by atoms with Crippen LogP contribution in [-0.2, 0) is 22.6 Å². The normalized spacial score (nSPS) is 20.6. The molecule has 0 spiro atoms. The largest absolute Gasteiger partial charge is 0.466 e. The van der Waals surface area contributed by atoms with Gasteiger partial charge >= 0.3 is 5.97 Å². The maximum Gasteiger partial charge on any atom is 0.336 e.